The highest BCUT2D eigenvalue weighted by Crippen LogP contribution is 2.22. The summed E-state index contributed by atoms with van der Waals surface area (Å²) >= 11 is 3.03. The molecule has 238 valence electrons. The summed E-state index contributed by atoms with van der Waals surface area (Å²) in [4.78, 5) is 35.8. The molecule has 2 aromatic rings. The van der Waals surface area contributed by atoms with Crippen molar-refractivity contribution in [2.45, 2.75) is 39.1 Å². The van der Waals surface area contributed by atoms with Gasteiger partial charge in [-0.25, -0.2) is 14.8 Å². The van der Waals surface area contributed by atoms with E-state index < -0.39 is 18.5 Å². The highest BCUT2D eigenvalue weighted by atomic mass is 32.1. The molecule has 16 heteroatoms. The molecule has 3 rings (SSSR count). The number of carbonyl (C=O) groups is 2. The summed E-state index contributed by atoms with van der Waals surface area (Å²) in [5.74, 6) is 0.397. The van der Waals surface area contributed by atoms with E-state index >= 15 is 0 Å². The van der Waals surface area contributed by atoms with Crippen LogP contribution in [0, 0.1) is 18.8 Å². The summed E-state index contributed by atoms with van der Waals surface area (Å²) in [6.45, 7) is 5.60. The summed E-state index contributed by atoms with van der Waals surface area (Å²) in [7, 11) is 3.06. The third-order valence-corrected chi connectivity index (χ3v) is 5.52. The van der Waals surface area contributed by atoms with Gasteiger partial charge in [0.2, 0.25) is 0 Å². The zero-order chi connectivity index (χ0) is 32.1. The number of nitrogens with one attached hydrogen (secondary N) is 2. The van der Waals surface area contributed by atoms with Gasteiger partial charge in [-0.1, -0.05) is 0 Å². The van der Waals surface area contributed by atoms with Crippen LogP contribution in [0.3, 0.4) is 0 Å². The van der Waals surface area contributed by atoms with Crippen LogP contribution in [-0.2, 0) is 20.9 Å². The molecule has 0 bridgehead atoms. The van der Waals surface area contributed by atoms with Crippen LogP contribution < -0.4 is 27.2 Å². The van der Waals surface area contributed by atoms with Crippen molar-refractivity contribution < 1.29 is 28.2 Å². The molecule has 2 aromatic heterocycles. The number of amides is 2. The molecule has 0 saturated carbocycles. The Morgan fingerprint density at radius 3 is 2.57 bits per heavy atom. The fraction of sp³-hybridized carbons (Fsp3) is 0.615. The average Bonchev–Trinajstić information content (AvgIpc) is 3.62. The third kappa shape index (κ3) is 13.2. The van der Waals surface area contributed by atoms with E-state index in [1.54, 1.807) is 42.8 Å². The molecule has 1 fully saturated rings. The van der Waals surface area contributed by atoms with Gasteiger partial charge in [0, 0.05) is 39.5 Å². The molecule has 0 aliphatic carbocycles. The van der Waals surface area contributed by atoms with Crippen LogP contribution in [0.4, 0.5) is 15.0 Å². The Hall–Kier alpha value is -3.20. The Bertz CT molecular complexity index is 1080. The molecule has 1 saturated heterocycles. The van der Waals surface area contributed by atoms with Crippen molar-refractivity contribution in [1.29, 1.82) is 0 Å². The van der Waals surface area contributed by atoms with Crippen molar-refractivity contribution in [2.75, 3.05) is 65.5 Å². The lowest BCUT2D eigenvalue weighted by Crippen LogP contribution is -2.42. The maximum Gasteiger partial charge on any atom is 0.411 e. The smallest absolute Gasteiger partial charge is 0.411 e. The zero-order valence-corrected chi connectivity index (χ0v) is 25.7. The maximum absolute atomic E-state index is 12.8. The van der Waals surface area contributed by atoms with Gasteiger partial charge >= 0.3 is 6.09 Å². The molecule has 1 unspecified atom stereocenters. The van der Waals surface area contributed by atoms with Gasteiger partial charge < -0.3 is 40.0 Å². The number of carbonyl (C=O) groups excluding carboxylic acids is 2. The summed E-state index contributed by atoms with van der Waals surface area (Å²) in [5, 5.41) is 10.3. The van der Waals surface area contributed by atoms with Gasteiger partial charge in [0.1, 0.15) is 18.1 Å². The fourth-order valence-corrected chi connectivity index (χ4v) is 3.79. The minimum Gasteiger partial charge on any atom is -0.428 e. The first-order valence-corrected chi connectivity index (χ1v) is 13.7. The molecule has 8 N–H and O–H groups in total. The predicted molar refractivity (Wildman–Crippen MR) is 164 cm³/mol. The first-order chi connectivity index (χ1) is 20.2. The number of likely N-dealkylation sites (tertiary alicyclic amines) is 1. The van der Waals surface area contributed by atoms with Crippen molar-refractivity contribution in [3.8, 4) is 12.8 Å². The number of aromatic nitrogens is 3. The first kappa shape index (κ1) is 38.8. The second-order valence-electron chi connectivity index (χ2n) is 9.22. The topological polar surface area (TPSA) is 198 Å². The molecule has 14 nitrogen and oxygen atoms in total. The third-order valence-electron chi connectivity index (χ3n) is 5.52. The zero-order valence-electron chi connectivity index (χ0n) is 24.8. The van der Waals surface area contributed by atoms with Crippen LogP contribution in [0.15, 0.2) is 12.4 Å². The summed E-state index contributed by atoms with van der Waals surface area (Å²) < 4.78 is 29.8. The van der Waals surface area contributed by atoms with Crippen LogP contribution in [0.2, 0.25) is 0 Å². The molecule has 1 aliphatic heterocycles. The fourth-order valence-electron chi connectivity index (χ4n) is 3.79. The van der Waals surface area contributed by atoms with Crippen molar-refractivity contribution in [3.63, 3.8) is 0 Å². The van der Waals surface area contributed by atoms with Gasteiger partial charge in [0.15, 0.2) is 11.4 Å². The number of hydrogen-bond acceptors (Lipinski definition) is 12. The van der Waals surface area contributed by atoms with E-state index in [1.807, 2.05) is 0 Å². The molecular formula is C26H46FN9O5S. The monoisotopic (exact) mass is 615 g/mol. The normalized spacial score (nSPS) is 14.0. The van der Waals surface area contributed by atoms with Crippen molar-refractivity contribution in [2.24, 2.45) is 22.5 Å². The number of alkyl halides is 1. The van der Waals surface area contributed by atoms with Crippen LogP contribution in [0.5, 0.6) is 0 Å². The molecule has 0 spiro atoms. The summed E-state index contributed by atoms with van der Waals surface area (Å²) in [5.41, 5.74) is 10.5. The molecule has 0 aromatic carbocycles. The number of halogens is 1. The molecular weight excluding hydrogens is 569 g/mol. The quantitative estimate of drug-likeness (QED) is 0.0822. The standard InChI is InChI=1S/C23H36FN7O5.C2H2.CH5N.H3NS/c1-23(2,25)36-22(33)30-8-5-16(13-30)11-27-18-12-28-20-19(29-18)17(21(32)26-7-10-34-3)14-31(20)15-35-9-4-6-24;3*1-2/h12,14,16H,4-11,13,15,25H2,1-3H3,(H,26,32)(H,27,29);1-2H;2H2,1H3;2H,1H2. The Balaban J connectivity index is 0.00000263. The van der Waals surface area contributed by atoms with Crippen LogP contribution in [0.25, 0.3) is 11.2 Å². The SMILES string of the molecule is C#C.CN.COCCNC(=O)c1cn(COCCCF)c2ncc(NCC3CCN(C(=O)OC(C)(C)N)C3)nc12.NS. The maximum atomic E-state index is 12.8. The Morgan fingerprint density at radius 2 is 1.95 bits per heavy atom. The van der Waals surface area contributed by atoms with Crippen LogP contribution in [0.1, 0.15) is 37.0 Å². The number of nitrogens with two attached hydrogens (primary N) is 3. The number of rotatable bonds is 13. The summed E-state index contributed by atoms with van der Waals surface area (Å²) in [6.07, 6.45) is 11.9. The van der Waals surface area contributed by atoms with Crippen molar-refractivity contribution in [1.82, 2.24) is 24.8 Å². The lowest BCUT2D eigenvalue weighted by atomic mass is 10.1. The minimum absolute atomic E-state index is 0.122. The largest absolute Gasteiger partial charge is 0.428 e. The lowest BCUT2D eigenvalue weighted by Gasteiger charge is -2.24. The highest BCUT2D eigenvalue weighted by Gasteiger charge is 2.30. The number of terminal acetylenes is 1. The van der Waals surface area contributed by atoms with Crippen molar-refractivity contribution in [3.05, 3.63) is 18.0 Å². The molecule has 0 radical (unpaired) electrons. The van der Waals surface area contributed by atoms with Crippen LogP contribution in [-0.4, -0.2) is 97.4 Å². The second kappa shape index (κ2) is 21.5. The first-order valence-electron chi connectivity index (χ1n) is 13.2. The second-order valence-corrected chi connectivity index (χ2v) is 9.22. The van der Waals surface area contributed by atoms with Gasteiger partial charge in [-0.05, 0) is 39.7 Å². The van der Waals surface area contributed by atoms with E-state index in [9.17, 15) is 14.0 Å². The van der Waals surface area contributed by atoms with E-state index in [0.29, 0.717) is 61.8 Å². The highest BCUT2D eigenvalue weighted by molar-refractivity contribution is 7.77. The van der Waals surface area contributed by atoms with E-state index in [4.69, 9.17) is 19.9 Å². The molecule has 2 amide bonds. The number of nitrogens with zero attached hydrogens (tertiary/aromatic N) is 4. The van der Waals surface area contributed by atoms with E-state index in [-0.39, 0.29) is 25.2 Å². The number of hydrogen-bond donors (Lipinski definition) is 6. The predicted octanol–water partition coefficient (Wildman–Crippen LogP) is 1.32. The number of ether oxygens (including phenoxy) is 3. The number of fused-ring (bicyclic) bond motifs is 1. The minimum atomic E-state index is -1.03. The van der Waals surface area contributed by atoms with Crippen LogP contribution >= 0.6 is 12.8 Å². The Labute approximate surface area is 252 Å². The Morgan fingerprint density at radius 1 is 1.26 bits per heavy atom. The van der Waals surface area contributed by atoms with E-state index in [2.05, 4.69) is 57.1 Å². The lowest BCUT2D eigenvalue weighted by molar-refractivity contribution is 0.0212. The number of anilines is 1. The molecule has 1 atom stereocenters. The van der Waals surface area contributed by atoms with Crippen molar-refractivity contribution >= 4 is 41.8 Å². The molecule has 3 heterocycles. The van der Waals surface area contributed by atoms with Gasteiger partial charge in [0.25, 0.3) is 5.91 Å². The van der Waals surface area contributed by atoms with Gasteiger partial charge in [-0.2, -0.15) is 0 Å². The number of methoxy groups -OCH3 is 1. The summed E-state index contributed by atoms with van der Waals surface area (Å²) in [6, 6.07) is 0. The van der Waals surface area contributed by atoms with Gasteiger partial charge in [0.05, 0.1) is 31.6 Å². The van der Waals surface area contributed by atoms with E-state index in [1.165, 1.54) is 7.05 Å². The average molecular weight is 616 g/mol. The molecule has 1 aliphatic rings. The van der Waals surface area contributed by atoms with Gasteiger partial charge in [-0.3, -0.25) is 20.1 Å². The van der Waals surface area contributed by atoms with Gasteiger partial charge in [-0.15, -0.1) is 25.7 Å². The number of thiol groups is 1. The van der Waals surface area contributed by atoms with E-state index in [0.717, 1.165) is 6.42 Å². The Kier molecular flexibility index (Phi) is 19.9. The molecule has 42 heavy (non-hydrogen) atoms.